The fourth-order valence-electron chi connectivity index (χ4n) is 1.46. The van der Waals surface area contributed by atoms with Crippen LogP contribution in [0.4, 0.5) is 11.6 Å². The Kier molecular flexibility index (Phi) is 2.64. The second kappa shape index (κ2) is 4.10. The number of anilines is 2. The van der Waals surface area contributed by atoms with Crippen molar-refractivity contribution in [2.45, 2.75) is 6.92 Å². The molecule has 0 radical (unpaired) electrons. The molecule has 16 heavy (non-hydrogen) atoms. The van der Waals surface area contributed by atoms with Crippen LogP contribution in [-0.4, -0.2) is 5.91 Å². The molecule has 4 nitrogen and oxygen atoms in total. The van der Waals surface area contributed by atoms with Gasteiger partial charge in [0.2, 0.25) is 5.91 Å². The fraction of sp³-hybridized carbons (Fsp3) is 0.0833. The molecular formula is C12H12N2O2. The molecule has 0 atom stereocenters. The molecule has 82 valence electrons. The average Bonchev–Trinajstić information content (AvgIpc) is 2.64. The van der Waals surface area contributed by atoms with E-state index in [1.54, 1.807) is 12.1 Å². The van der Waals surface area contributed by atoms with E-state index in [1.165, 1.54) is 6.92 Å². The van der Waals surface area contributed by atoms with Crippen LogP contribution in [0.1, 0.15) is 6.92 Å². The van der Waals surface area contributed by atoms with Crippen molar-refractivity contribution in [3.8, 4) is 11.3 Å². The Balaban J connectivity index is 2.32. The summed E-state index contributed by atoms with van der Waals surface area (Å²) in [4.78, 5) is 10.9. The Bertz CT molecular complexity index is 517. The van der Waals surface area contributed by atoms with Gasteiger partial charge in [-0.3, -0.25) is 4.79 Å². The first kappa shape index (κ1) is 10.3. The number of amides is 1. The lowest BCUT2D eigenvalue weighted by Gasteiger charge is -2.03. The summed E-state index contributed by atoms with van der Waals surface area (Å²) in [6, 6.07) is 10.9. The van der Waals surface area contributed by atoms with Crippen molar-refractivity contribution in [1.29, 1.82) is 0 Å². The lowest BCUT2D eigenvalue weighted by Crippen LogP contribution is -2.05. The Morgan fingerprint density at radius 1 is 1.31 bits per heavy atom. The van der Waals surface area contributed by atoms with Crippen LogP contribution >= 0.6 is 0 Å². The molecule has 1 amide bonds. The van der Waals surface area contributed by atoms with Crippen molar-refractivity contribution >= 4 is 17.5 Å². The van der Waals surface area contributed by atoms with E-state index in [0.717, 1.165) is 11.3 Å². The number of furan rings is 1. The maximum Gasteiger partial charge on any atom is 0.221 e. The maximum atomic E-state index is 10.9. The quantitative estimate of drug-likeness (QED) is 0.810. The molecule has 3 N–H and O–H groups in total. The number of nitrogens with one attached hydrogen (secondary N) is 1. The SMILES string of the molecule is CC(=O)Nc1cccc(-c2ccc(N)o2)c1. The zero-order valence-corrected chi connectivity index (χ0v) is 8.86. The number of hydrogen-bond acceptors (Lipinski definition) is 3. The van der Waals surface area contributed by atoms with Crippen LogP contribution in [0.3, 0.4) is 0 Å². The van der Waals surface area contributed by atoms with Gasteiger partial charge in [-0.15, -0.1) is 0 Å². The van der Waals surface area contributed by atoms with Crippen molar-refractivity contribution in [1.82, 2.24) is 0 Å². The zero-order chi connectivity index (χ0) is 11.5. The molecule has 2 rings (SSSR count). The average molecular weight is 216 g/mol. The van der Waals surface area contributed by atoms with Crippen molar-refractivity contribution in [2.75, 3.05) is 11.1 Å². The van der Waals surface area contributed by atoms with Gasteiger partial charge in [-0.1, -0.05) is 12.1 Å². The number of hydrogen-bond donors (Lipinski definition) is 2. The molecule has 0 saturated carbocycles. The van der Waals surface area contributed by atoms with E-state index in [4.69, 9.17) is 10.2 Å². The summed E-state index contributed by atoms with van der Waals surface area (Å²) in [5, 5.41) is 2.71. The first-order valence-corrected chi connectivity index (χ1v) is 4.88. The summed E-state index contributed by atoms with van der Waals surface area (Å²) in [5.74, 6) is 0.959. The molecule has 0 saturated heterocycles. The van der Waals surface area contributed by atoms with E-state index in [-0.39, 0.29) is 5.91 Å². The number of nitrogens with two attached hydrogens (primary N) is 1. The van der Waals surface area contributed by atoms with Crippen LogP contribution < -0.4 is 11.1 Å². The van der Waals surface area contributed by atoms with Gasteiger partial charge >= 0.3 is 0 Å². The van der Waals surface area contributed by atoms with Gasteiger partial charge < -0.3 is 15.5 Å². The molecule has 0 aliphatic carbocycles. The maximum absolute atomic E-state index is 10.9. The minimum atomic E-state index is -0.101. The molecule has 1 heterocycles. The van der Waals surface area contributed by atoms with Crippen LogP contribution in [-0.2, 0) is 4.79 Å². The molecule has 1 aromatic carbocycles. The number of carbonyl (C=O) groups excluding carboxylic acids is 1. The second-order valence-corrected chi connectivity index (χ2v) is 3.46. The van der Waals surface area contributed by atoms with E-state index < -0.39 is 0 Å². The molecular weight excluding hydrogens is 204 g/mol. The van der Waals surface area contributed by atoms with Crippen molar-refractivity contribution in [3.63, 3.8) is 0 Å². The van der Waals surface area contributed by atoms with E-state index in [1.807, 2.05) is 24.3 Å². The molecule has 0 aliphatic rings. The summed E-state index contributed by atoms with van der Waals surface area (Å²) < 4.78 is 5.29. The largest absolute Gasteiger partial charge is 0.441 e. The highest BCUT2D eigenvalue weighted by atomic mass is 16.3. The van der Waals surface area contributed by atoms with Crippen LogP contribution in [0, 0.1) is 0 Å². The third-order valence-corrected chi connectivity index (χ3v) is 2.09. The van der Waals surface area contributed by atoms with Crippen LogP contribution in [0.15, 0.2) is 40.8 Å². The highest BCUT2D eigenvalue weighted by Crippen LogP contribution is 2.25. The van der Waals surface area contributed by atoms with E-state index in [0.29, 0.717) is 11.6 Å². The van der Waals surface area contributed by atoms with Gasteiger partial charge in [-0.25, -0.2) is 0 Å². The summed E-state index contributed by atoms with van der Waals surface area (Å²) in [6.45, 7) is 1.47. The van der Waals surface area contributed by atoms with Crippen molar-refractivity contribution in [3.05, 3.63) is 36.4 Å². The molecule has 0 fully saturated rings. The predicted octanol–water partition coefficient (Wildman–Crippen LogP) is 2.49. The summed E-state index contributed by atoms with van der Waals surface area (Å²) in [6.07, 6.45) is 0. The second-order valence-electron chi connectivity index (χ2n) is 3.46. The van der Waals surface area contributed by atoms with E-state index >= 15 is 0 Å². The Morgan fingerprint density at radius 2 is 2.12 bits per heavy atom. The predicted molar refractivity (Wildman–Crippen MR) is 62.9 cm³/mol. The minimum absolute atomic E-state index is 0.101. The molecule has 0 aliphatic heterocycles. The molecule has 4 heteroatoms. The topological polar surface area (TPSA) is 68.3 Å². The van der Waals surface area contributed by atoms with Gasteiger partial charge in [0, 0.05) is 24.2 Å². The zero-order valence-electron chi connectivity index (χ0n) is 8.86. The first-order chi connectivity index (χ1) is 7.65. The first-order valence-electron chi connectivity index (χ1n) is 4.88. The number of rotatable bonds is 2. The standard InChI is InChI=1S/C12H12N2O2/c1-8(15)14-10-4-2-3-9(7-10)11-5-6-12(13)16-11/h2-7H,13H2,1H3,(H,14,15). The van der Waals surface area contributed by atoms with Crippen LogP contribution in [0.5, 0.6) is 0 Å². The van der Waals surface area contributed by atoms with E-state index in [2.05, 4.69) is 5.32 Å². The third-order valence-electron chi connectivity index (χ3n) is 2.09. The van der Waals surface area contributed by atoms with Gasteiger partial charge in [0.05, 0.1) is 0 Å². The molecule has 0 unspecified atom stereocenters. The molecule has 0 spiro atoms. The van der Waals surface area contributed by atoms with Gasteiger partial charge in [0.25, 0.3) is 0 Å². The number of carbonyl (C=O) groups is 1. The van der Waals surface area contributed by atoms with E-state index in [9.17, 15) is 4.79 Å². The highest BCUT2D eigenvalue weighted by Gasteiger charge is 2.04. The van der Waals surface area contributed by atoms with Crippen LogP contribution in [0.25, 0.3) is 11.3 Å². The van der Waals surface area contributed by atoms with Crippen molar-refractivity contribution < 1.29 is 9.21 Å². The molecule has 1 aromatic heterocycles. The summed E-state index contributed by atoms with van der Waals surface area (Å²) in [5.41, 5.74) is 7.11. The Labute approximate surface area is 93.1 Å². The minimum Gasteiger partial charge on any atom is -0.441 e. The normalized spacial score (nSPS) is 10.1. The van der Waals surface area contributed by atoms with Crippen LogP contribution in [0.2, 0.25) is 0 Å². The Morgan fingerprint density at radius 3 is 2.75 bits per heavy atom. The van der Waals surface area contributed by atoms with Gasteiger partial charge in [0.15, 0.2) is 5.88 Å². The Hall–Kier alpha value is -2.23. The fourth-order valence-corrected chi connectivity index (χ4v) is 1.46. The van der Waals surface area contributed by atoms with Crippen molar-refractivity contribution in [2.24, 2.45) is 0 Å². The molecule has 0 bridgehead atoms. The lowest BCUT2D eigenvalue weighted by atomic mass is 10.1. The third kappa shape index (κ3) is 2.23. The summed E-state index contributed by atoms with van der Waals surface area (Å²) >= 11 is 0. The molecule has 2 aromatic rings. The van der Waals surface area contributed by atoms with Gasteiger partial charge in [0.1, 0.15) is 5.76 Å². The monoisotopic (exact) mass is 216 g/mol. The smallest absolute Gasteiger partial charge is 0.221 e. The van der Waals surface area contributed by atoms with Gasteiger partial charge in [-0.05, 0) is 18.2 Å². The van der Waals surface area contributed by atoms with Gasteiger partial charge in [-0.2, -0.15) is 0 Å². The lowest BCUT2D eigenvalue weighted by molar-refractivity contribution is -0.114. The highest BCUT2D eigenvalue weighted by molar-refractivity contribution is 5.89. The number of nitrogen functional groups attached to an aromatic ring is 1. The summed E-state index contributed by atoms with van der Waals surface area (Å²) in [7, 11) is 0. The number of benzene rings is 1.